The Kier molecular flexibility index (Phi) is 10.1. The van der Waals surface area contributed by atoms with E-state index in [1.54, 1.807) is 24.3 Å². The van der Waals surface area contributed by atoms with E-state index in [-0.39, 0.29) is 30.1 Å². The Morgan fingerprint density at radius 3 is 2.30 bits per heavy atom. The molecule has 1 aromatic carbocycles. The fourth-order valence-electron chi connectivity index (χ4n) is 3.24. The van der Waals surface area contributed by atoms with E-state index in [1.807, 2.05) is 18.7 Å². The Balaban J connectivity index is 0.00000364. The summed E-state index contributed by atoms with van der Waals surface area (Å²) in [5.41, 5.74) is 0.511. The maximum atomic E-state index is 13.0. The highest BCUT2D eigenvalue weighted by atomic mass is 35.5. The van der Waals surface area contributed by atoms with Gasteiger partial charge in [0, 0.05) is 23.7 Å². The SMILES string of the molecule is CCNCC1CCN(C(=O)C(NC(=O)c2ccc(Cl)cc2)C(C)C)CC1.Cl. The predicted molar refractivity (Wildman–Crippen MR) is 113 cm³/mol. The average Bonchev–Trinajstić information content (AvgIpc) is 2.64. The second kappa shape index (κ2) is 11.5. The molecule has 1 unspecified atom stereocenters. The van der Waals surface area contributed by atoms with E-state index in [9.17, 15) is 9.59 Å². The number of carbonyl (C=O) groups excluding carboxylic acids is 2. The first kappa shape index (κ1) is 23.7. The number of hydrogen-bond donors (Lipinski definition) is 2. The number of rotatable bonds is 7. The first-order valence-electron chi connectivity index (χ1n) is 9.48. The van der Waals surface area contributed by atoms with Crippen molar-refractivity contribution in [1.82, 2.24) is 15.5 Å². The molecule has 0 spiro atoms. The van der Waals surface area contributed by atoms with Crippen molar-refractivity contribution in [2.45, 2.75) is 39.7 Å². The summed E-state index contributed by atoms with van der Waals surface area (Å²) in [6.45, 7) is 9.54. The summed E-state index contributed by atoms with van der Waals surface area (Å²) >= 11 is 5.87. The summed E-state index contributed by atoms with van der Waals surface area (Å²) < 4.78 is 0. The Labute approximate surface area is 173 Å². The zero-order valence-corrected chi connectivity index (χ0v) is 17.9. The van der Waals surface area contributed by atoms with Crippen LogP contribution in [0.4, 0.5) is 0 Å². The molecule has 0 aromatic heterocycles. The number of hydrogen-bond acceptors (Lipinski definition) is 3. The summed E-state index contributed by atoms with van der Waals surface area (Å²) in [5, 5.41) is 6.87. The molecule has 1 aromatic rings. The molecule has 0 radical (unpaired) electrons. The molecule has 2 N–H and O–H groups in total. The fraction of sp³-hybridized carbons (Fsp3) is 0.600. The van der Waals surface area contributed by atoms with Crippen molar-refractivity contribution in [3.05, 3.63) is 34.9 Å². The Bertz CT molecular complexity index is 600. The maximum Gasteiger partial charge on any atom is 0.251 e. The van der Waals surface area contributed by atoms with Crippen molar-refractivity contribution in [3.8, 4) is 0 Å². The topological polar surface area (TPSA) is 61.4 Å². The molecule has 0 aliphatic carbocycles. The molecular formula is C20H31Cl2N3O2. The average molecular weight is 416 g/mol. The third-order valence-electron chi connectivity index (χ3n) is 4.93. The molecule has 1 heterocycles. The lowest BCUT2D eigenvalue weighted by Gasteiger charge is -2.35. The zero-order chi connectivity index (χ0) is 19.1. The van der Waals surface area contributed by atoms with Crippen LogP contribution in [0.15, 0.2) is 24.3 Å². The molecule has 0 bridgehead atoms. The Morgan fingerprint density at radius 2 is 1.78 bits per heavy atom. The zero-order valence-electron chi connectivity index (χ0n) is 16.3. The molecule has 1 saturated heterocycles. The van der Waals surface area contributed by atoms with Gasteiger partial charge in [-0.2, -0.15) is 0 Å². The number of piperidine rings is 1. The number of benzene rings is 1. The summed E-state index contributed by atoms with van der Waals surface area (Å²) in [7, 11) is 0. The van der Waals surface area contributed by atoms with Crippen molar-refractivity contribution in [3.63, 3.8) is 0 Å². The van der Waals surface area contributed by atoms with E-state index in [0.29, 0.717) is 16.5 Å². The van der Waals surface area contributed by atoms with Gasteiger partial charge in [0.25, 0.3) is 5.91 Å². The molecule has 1 fully saturated rings. The normalized spacial score (nSPS) is 16.0. The van der Waals surface area contributed by atoms with Crippen LogP contribution >= 0.6 is 24.0 Å². The number of nitrogens with zero attached hydrogens (tertiary/aromatic N) is 1. The molecular weight excluding hydrogens is 385 g/mol. The van der Waals surface area contributed by atoms with Gasteiger partial charge in [-0.25, -0.2) is 0 Å². The Hall–Kier alpha value is -1.30. The lowest BCUT2D eigenvalue weighted by Crippen LogP contribution is -2.53. The van der Waals surface area contributed by atoms with Crippen LogP contribution in [0.25, 0.3) is 0 Å². The van der Waals surface area contributed by atoms with Crippen molar-refractivity contribution in [2.75, 3.05) is 26.2 Å². The van der Waals surface area contributed by atoms with Gasteiger partial charge in [0.05, 0.1) is 0 Å². The molecule has 1 atom stereocenters. The summed E-state index contributed by atoms with van der Waals surface area (Å²) in [4.78, 5) is 27.3. The van der Waals surface area contributed by atoms with Crippen LogP contribution in [0.1, 0.15) is 44.0 Å². The molecule has 7 heteroatoms. The number of amides is 2. The first-order valence-corrected chi connectivity index (χ1v) is 9.86. The van der Waals surface area contributed by atoms with Gasteiger partial charge in [-0.1, -0.05) is 32.4 Å². The molecule has 27 heavy (non-hydrogen) atoms. The van der Waals surface area contributed by atoms with E-state index in [2.05, 4.69) is 17.6 Å². The number of halogens is 2. The molecule has 0 saturated carbocycles. The van der Waals surface area contributed by atoms with Gasteiger partial charge in [-0.3, -0.25) is 9.59 Å². The Morgan fingerprint density at radius 1 is 1.19 bits per heavy atom. The monoisotopic (exact) mass is 415 g/mol. The van der Waals surface area contributed by atoms with Crippen LogP contribution < -0.4 is 10.6 Å². The quantitative estimate of drug-likeness (QED) is 0.717. The molecule has 152 valence electrons. The molecule has 2 rings (SSSR count). The molecule has 2 amide bonds. The lowest BCUT2D eigenvalue weighted by atomic mass is 9.95. The lowest BCUT2D eigenvalue weighted by molar-refractivity contribution is -0.135. The number of nitrogens with one attached hydrogen (secondary N) is 2. The minimum absolute atomic E-state index is 0. The predicted octanol–water partition coefficient (Wildman–Crippen LogP) is 3.36. The van der Waals surface area contributed by atoms with Gasteiger partial charge in [-0.05, 0) is 62.0 Å². The van der Waals surface area contributed by atoms with Gasteiger partial charge in [0.1, 0.15) is 6.04 Å². The van der Waals surface area contributed by atoms with Crippen LogP contribution in [-0.4, -0.2) is 48.9 Å². The molecule has 1 aliphatic rings. The van der Waals surface area contributed by atoms with Crippen molar-refractivity contribution >= 4 is 35.8 Å². The van der Waals surface area contributed by atoms with E-state index < -0.39 is 6.04 Å². The minimum atomic E-state index is -0.511. The fourth-order valence-corrected chi connectivity index (χ4v) is 3.37. The van der Waals surface area contributed by atoms with E-state index in [1.165, 1.54) is 0 Å². The van der Waals surface area contributed by atoms with Gasteiger partial charge >= 0.3 is 0 Å². The van der Waals surface area contributed by atoms with Crippen molar-refractivity contribution < 1.29 is 9.59 Å². The molecule has 5 nitrogen and oxygen atoms in total. The second-order valence-corrected chi connectivity index (χ2v) is 7.71. The summed E-state index contributed by atoms with van der Waals surface area (Å²) in [6, 6.07) is 6.19. The largest absolute Gasteiger partial charge is 0.341 e. The van der Waals surface area contributed by atoms with Gasteiger partial charge in [0.15, 0.2) is 0 Å². The van der Waals surface area contributed by atoms with Crippen LogP contribution in [-0.2, 0) is 4.79 Å². The second-order valence-electron chi connectivity index (χ2n) is 7.28. The third-order valence-corrected chi connectivity index (χ3v) is 5.19. The van der Waals surface area contributed by atoms with E-state index in [0.717, 1.165) is 39.0 Å². The van der Waals surface area contributed by atoms with Crippen LogP contribution in [0.2, 0.25) is 5.02 Å². The highest BCUT2D eigenvalue weighted by molar-refractivity contribution is 6.30. The third kappa shape index (κ3) is 6.98. The standard InChI is InChI=1S/C20H30ClN3O2.ClH/c1-4-22-13-15-9-11-24(12-10-15)20(26)18(14(2)3)23-19(25)16-5-7-17(21)8-6-16;/h5-8,14-15,18,22H,4,9-13H2,1-3H3,(H,23,25);1H. The van der Waals surface area contributed by atoms with E-state index >= 15 is 0 Å². The highest BCUT2D eigenvalue weighted by Crippen LogP contribution is 2.19. The van der Waals surface area contributed by atoms with Crippen LogP contribution in [0.5, 0.6) is 0 Å². The van der Waals surface area contributed by atoms with Crippen molar-refractivity contribution in [2.24, 2.45) is 11.8 Å². The van der Waals surface area contributed by atoms with Gasteiger partial charge in [-0.15, -0.1) is 12.4 Å². The maximum absolute atomic E-state index is 13.0. The smallest absolute Gasteiger partial charge is 0.251 e. The minimum Gasteiger partial charge on any atom is -0.341 e. The summed E-state index contributed by atoms with van der Waals surface area (Å²) in [6.07, 6.45) is 2.02. The summed E-state index contributed by atoms with van der Waals surface area (Å²) in [5.74, 6) is 0.429. The van der Waals surface area contributed by atoms with Gasteiger partial charge in [0.2, 0.25) is 5.91 Å². The van der Waals surface area contributed by atoms with E-state index in [4.69, 9.17) is 11.6 Å². The van der Waals surface area contributed by atoms with Crippen LogP contribution in [0.3, 0.4) is 0 Å². The molecule has 1 aliphatic heterocycles. The van der Waals surface area contributed by atoms with Crippen molar-refractivity contribution in [1.29, 1.82) is 0 Å². The van der Waals surface area contributed by atoms with Crippen LogP contribution in [0, 0.1) is 11.8 Å². The number of likely N-dealkylation sites (tertiary alicyclic amines) is 1. The first-order chi connectivity index (χ1) is 12.4. The number of carbonyl (C=O) groups is 2. The van der Waals surface area contributed by atoms with Gasteiger partial charge < -0.3 is 15.5 Å². The highest BCUT2D eigenvalue weighted by Gasteiger charge is 2.31.